The summed E-state index contributed by atoms with van der Waals surface area (Å²) in [5, 5.41) is 15.5. The van der Waals surface area contributed by atoms with E-state index in [1.807, 2.05) is 76.3 Å². The number of nitrogens with zero attached hydrogens (tertiary/aromatic N) is 3. The standard InChI is InChI=1S/C27H37N3O3/c1-6-17-30(18-22(31)20-32-27(2,3)4)19-24-25(21-13-9-7-10-14-21)28-29(5)26(24)33-23-15-11-8-12-16-23/h7-16,22,31H,6,17-20H2,1-5H3. The van der Waals surface area contributed by atoms with Gasteiger partial charge in [-0.15, -0.1) is 0 Å². The second-order valence-electron chi connectivity index (χ2n) is 9.35. The minimum atomic E-state index is -0.578. The van der Waals surface area contributed by atoms with E-state index in [0.717, 1.165) is 35.5 Å². The lowest BCUT2D eigenvalue weighted by Gasteiger charge is -2.27. The molecule has 1 heterocycles. The molecule has 0 saturated heterocycles. The highest BCUT2D eigenvalue weighted by atomic mass is 16.5. The number of aliphatic hydroxyl groups excluding tert-OH is 1. The van der Waals surface area contributed by atoms with Gasteiger partial charge in [0.2, 0.25) is 5.88 Å². The lowest BCUT2D eigenvalue weighted by atomic mass is 10.1. The molecule has 3 rings (SSSR count). The minimum Gasteiger partial charge on any atom is -0.439 e. The summed E-state index contributed by atoms with van der Waals surface area (Å²) in [5.41, 5.74) is 2.66. The Morgan fingerprint density at radius 2 is 1.67 bits per heavy atom. The fourth-order valence-electron chi connectivity index (χ4n) is 3.72. The van der Waals surface area contributed by atoms with E-state index in [-0.39, 0.29) is 5.60 Å². The van der Waals surface area contributed by atoms with Gasteiger partial charge in [0, 0.05) is 25.7 Å². The van der Waals surface area contributed by atoms with Crippen LogP contribution in [0.1, 0.15) is 39.7 Å². The Balaban J connectivity index is 1.90. The van der Waals surface area contributed by atoms with Crippen molar-refractivity contribution in [1.29, 1.82) is 0 Å². The number of aliphatic hydroxyl groups is 1. The summed E-state index contributed by atoms with van der Waals surface area (Å²) in [5.74, 6) is 1.48. The average Bonchev–Trinajstić information content (AvgIpc) is 3.08. The molecule has 0 aliphatic rings. The van der Waals surface area contributed by atoms with Crippen LogP contribution < -0.4 is 4.74 Å². The molecule has 0 aliphatic heterocycles. The molecule has 6 nitrogen and oxygen atoms in total. The maximum atomic E-state index is 10.7. The predicted molar refractivity (Wildman–Crippen MR) is 132 cm³/mol. The molecule has 1 aromatic heterocycles. The molecule has 1 N–H and O–H groups in total. The summed E-state index contributed by atoms with van der Waals surface area (Å²) in [6.07, 6.45) is 0.397. The maximum Gasteiger partial charge on any atom is 0.222 e. The molecule has 0 fully saturated rings. The first kappa shape index (κ1) is 25.0. The van der Waals surface area contributed by atoms with Gasteiger partial charge in [-0.25, -0.2) is 4.68 Å². The SMILES string of the molecule is CCCN(Cc1c(-c2ccccc2)nn(C)c1Oc1ccccc1)CC(O)COC(C)(C)C. The average molecular weight is 452 g/mol. The van der Waals surface area contributed by atoms with Gasteiger partial charge in [0.15, 0.2) is 0 Å². The molecule has 1 atom stereocenters. The molecular weight excluding hydrogens is 414 g/mol. The summed E-state index contributed by atoms with van der Waals surface area (Å²) in [7, 11) is 1.91. The second kappa shape index (κ2) is 11.5. The van der Waals surface area contributed by atoms with E-state index in [1.54, 1.807) is 4.68 Å². The third-order valence-corrected chi connectivity index (χ3v) is 5.19. The zero-order valence-electron chi connectivity index (χ0n) is 20.5. The van der Waals surface area contributed by atoms with Crippen LogP contribution >= 0.6 is 0 Å². The van der Waals surface area contributed by atoms with Crippen molar-refractivity contribution in [3.05, 3.63) is 66.2 Å². The van der Waals surface area contributed by atoms with Gasteiger partial charge in [0.1, 0.15) is 11.4 Å². The Kier molecular flexibility index (Phi) is 8.67. The molecule has 0 aliphatic carbocycles. The van der Waals surface area contributed by atoms with Gasteiger partial charge in [-0.05, 0) is 45.9 Å². The Bertz CT molecular complexity index is 981. The summed E-state index contributed by atoms with van der Waals surface area (Å²) >= 11 is 0. The normalized spacial score (nSPS) is 12.8. The molecule has 178 valence electrons. The molecule has 0 radical (unpaired) electrons. The summed E-state index contributed by atoms with van der Waals surface area (Å²) in [6, 6.07) is 19.9. The molecule has 0 amide bonds. The molecule has 3 aromatic rings. The van der Waals surface area contributed by atoms with Crippen LogP contribution in [0.4, 0.5) is 0 Å². The Morgan fingerprint density at radius 3 is 2.27 bits per heavy atom. The molecule has 0 bridgehead atoms. The van der Waals surface area contributed by atoms with Gasteiger partial charge in [-0.2, -0.15) is 5.10 Å². The van der Waals surface area contributed by atoms with Crippen LogP contribution in [-0.4, -0.2) is 51.2 Å². The highest BCUT2D eigenvalue weighted by Crippen LogP contribution is 2.34. The molecular formula is C27H37N3O3. The van der Waals surface area contributed by atoms with Crippen LogP contribution in [0.2, 0.25) is 0 Å². The van der Waals surface area contributed by atoms with Crippen molar-refractivity contribution in [2.24, 2.45) is 7.05 Å². The number of benzene rings is 2. The van der Waals surface area contributed by atoms with Crippen molar-refractivity contribution < 1.29 is 14.6 Å². The number of aromatic nitrogens is 2. The summed E-state index contributed by atoms with van der Waals surface area (Å²) in [6.45, 7) is 10.4. The van der Waals surface area contributed by atoms with Gasteiger partial charge in [-0.3, -0.25) is 4.90 Å². The van der Waals surface area contributed by atoms with Crippen molar-refractivity contribution in [2.75, 3.05) is 19.7 Å². The molecule has 33 heavy (non-hydrogen) atoms. The number of hydrogen-bond acceptors (Lipinski definition) is 5. The van der Waals surface area contributed by atoms with Crippen LogP contribution in [0.25, 0.3) is 11.3 Å². The monoisotopic (exact) mass is 451 g/mol. The van der Waals surface area contributed by atoms with E-state index in [0.29, 0.717) is 25.6 Å². The topological polar surface area (TPSA) is 59.8 Å². The van der Waals surface area contributed by atoms with Gasteiger partial charge in [0.05, 0.1) is 23.9 Å². The first-order valence-corrected chi connectivity index (χ1v) is 11.7. The van der Waals surface area contributed by atoms with Crippen LogP contribution in [0, 0.1) is 0 Å². The largest absolute Gasteiger partial charge is 0.439 e. The summed E-state index contributed by atoms with van der Waals surface area (Å²) in [4.78, 5) is 2.25. The van der Waals surface area contributed by atoms with Crippen molar-refractivity contribution in [3.63, 3.8) is 0 Å². The predicted octanol–water partition coefficient (Wildman–Crippen LogP) is 5.27. The summed E-state index contributed by atoms with van der Waals surface area (Å²) < 4.78 is 13.9. The molecule has 0 saturated carbocycles. The van der Waals surface area contributed by atoms with Gasteiger partial charge < -0.3 is 14.6 Å². The third-order valence-electron chi connectivity index (χ3n) is 5.19. The third kappa shape index (κ3) is 7.42. The Hall–Kier alpha value is -2.67. The fraction of sp³-hybridized carbons (Fsp3) is 0.444. The van der Waals surface area contributed by atoms with E-state index < -0.39 is 6.10 Å². The number of ether oxygens (including phenoxy) is 2. The van der Waals surface area contributed by atoms with Crippen molar-refractivity contribution >= 4 is 0 Å². The van der Waals surface area contributed by atoms with Crippen LogP contribution in [-0.2, 0) is 18.3 Å². The zero-order chi connectivity index (χ0) is 23.8. The minimum absolute atomic E-state index is 0.281. The van der Waals surface area contributed by atoms with E-state index in [1.165, 1.54) is 0 Å². The van der Waals surface area contributed by atoms with Crippen LogP contribution in [0.3, 0.4) is 0 Å². The van der Waals surface area contributed by atoms with Crippen molar-refractivity contribution in [1.82, 2.24) is 14.7 Å². The first-order valence-electron chi connectivity index (χ1n) is 11.7. The molecule has 0 spiro atoms. The van der Waals surface area contributed by atoms with Gasteiger partial charge in [0.25, 0.3) is 0 Å². The first-order chi connectivity index (χ1) is 15.8. The number of aryl methyl sites for hydroxylation is 1. The van der Waals surface area contributed by atoms with Crippen LogP contribution in [0.5, 0.6) is 11.6 Å². The van der Waals surface area contributed by atoms with Gasteiger partial charge >= 0.3 is 0 Å². The smallest absolute Gasteiger partial charge is 0.222 e. The number of rotatable bonds is 11. The highest BCUT2D eigenvalue weighted by Gasteiger charge is 2.23. The zero-order valence-corrected chi connectivity index (χ0v) is 20.5. The fourth-order valence-corrected chi connectivity index (χ4v) is 3.72. The quantitative estimate of drug-likeness (QED) is 0.430. The van der Waals surface area contributed by atoms with Gasteiger partial charge in [-0.1, -0.05) is 55.5 Å². The Morgan fingerprint density at radius 1 is 1.03 bits per heavy atom. The van der Waals surface area contributed by atoms with Crippen molar-refractivity contribution in [2.45, 2.75) is 52.4 Å². The Labute approximate surface area is 197 Å². The molecule has 6 heteroatoms. The lowest BCUT2D eigenvalue weighted by Crippen LogP contribution is -2.37. The van der Waals surface area contributed by atoms with E-state index >= 15 is 0 Å². The second-order valence-corrected chi connectivity index (χ2v) is 9.35. The van der Waals surface area contributed by atoms with Crippen LogP contribution in [0.15, 0.2) is 60.7 Å². The van der Waals surface area contributed by atoms with Crippen molar-refractivity contribution in [3.8, 4) is 22.9 Å². The van der Waals surface area contributed by atoms with E-state index in [9.17, 15) is 5.11 Å². The number of para-hydroxylation sites is 1. The highest BCUT2D eigenvalue weighted by molar-refractivity contribution is 5.65. The maximum absolute atomic E-state index is 10.7. The van der Waals surface area contributed by atoms with E-state index in [4.69, 9.17) is 14.6 Å². The number of hydrogen-bond donors (Lipinski definition) is 1. The van der Waals surface area contributed by atoms with E-state index in [2.05, 4.69) is 24.0 Å². The molecule has 1 unspecified atom stereocenters. The molecule has 2 aromatic carbocycles. The lowest BCUT2D eigenvalue weighted by molar-refractivity contribution is -0.0566.